The van der Waals surface area contributed by atoms with Gasteiger partial charge in [-0.15, -0.1) is 0 Å². The van der Waals surface area contributed by atoms with Crippen molar-refractivity contribution in [2.45, 2.75) is 32.7 Å². The number of aryl methyl sites for hydroxylation is 1. The van der Waals surface area contributed by atoms with Crippen molar-refractivity contribution >= 4 is 11.9 Å². The number of carbonyl (C=O) groups is 2. The van der Waals surface area contributed by atoms with Gasteiger partial charge in [-0.2, -0.15) is 5.10 Å². The number of nitrogens with zero attached hydrogens (tertiary/aromatic N) is 2. The molecule has 2 unspecified atom stereocenters. The second kappa shape index (κ2) is 6.47. The largest absolute Gasteiger partial charge is 0.480 e. The molecule has 24 heavy (non-hydrogen) atoms. The van der Waals surface area contributed by atoms with Gasteiger partial charge in [0, 0.05) is 12.1 Å². The lowest BCUT2D eigenvalue weighted by Crippen LogP contribution is -2.49. The third-order valence-electron chi connectivity index (χ3n) is 4.57. The van der Waals surface area contributed by atoms with E-state index < -0.39 is 12.0 Å². The molecule has 2 aromatic rings. The molecule has 0 radical (unpaired) electrons. The summed E-state index contributed by atoms with van der Waals surface area (Å²) in [6.07, 6.45) is 1.30. The van der Waals surface area contributed by atoms with Crippen LogP contribution in [0.1, 0.15) is 35.8 Å². The highest BCUT2D eigenvalue weighted by Crippen LogP contribution is 2.25. The smallest absolute Gasteiger partial charge is 0.326 e. The first-order chi connectivity index (χ1) is 11.5. The number of aromatic amines is 1. The van der Waals surface area contributed by atoms with Gasteiger partial charge in [-0.1, -0.05) is 36.8 Å². The number of nitrogens with one attached hydrogen (secondary N) is 1. The first kappa shape index (κ1) is 16.2. The zero-order valence-corrected chi connectivity index (χ0v) is 13.8. The number of carboxylic acids is 1. The number of likely N-dealkylation sites (tertiary alicyclic amines) is 1. The number of carbonyl (C=O) groups excluding carboxylic acids is 1. The second-order valence-electron chi connectivity index (χ2n) is 6.52. The molecule has 2 N–H and O–H groups in total. The first-order valence-corrected chi connectivity index (χ1v) is 8.12. The van der Waals surface area contributed by atoms with Crippen LogP contribution in [0.15, 0.2) is 30.3 Å². The third kappa shape index (κ3) is 3.18. The molecule has 0 aliphatic carbocycles. The first-order valence-electron chi connectivity index (χ1n) is 8.12. The zero-order chi connectivity index (χ0) is 17.3. The maximum Gasteiger partial charge on any atom is 0.326 e. The maximum atomic E-state index is 12.7. The van der Waals surface area contributed by atoms with Crippen molar-refractivity contribution in [2.24, 2.45) is 5.92 Å². The Morgan fingerprint density at radius 2 is 2.00 bits per heavy atom. The topological polar surface area (TPSA) is 86.3 Å². The average molecular weight is 327 g/mol. The molecule has 126 valence electrons. The molecule has 1 aliphatic heterocycles. The molecule has 1 saturated heterocycles. The molecular weight excluding hydrogens is 306 g/mol. The monoisotopic (exact) mass is 327 g/mol. The predicted molar refractivity (Wildman–Crippen MR) is 89.6 cm³/mol. The number of rotatable bonds is 3. The number of carboxylic acid groups (broad SMARTS) is 1. The quantitative estimate of drug-likeness (QED) is 0.907. The van der Waals surface area contributed by atoms with E-state index in [-0.39, 0.29) is 5.91 Å². The van der Waals surface area contributed by atoms with Crippen molar-refractivity contribution in [3.8, 4) is 11.3 Å². The van der Waals surface area contributed by atoms with E-state index in [1.807, 2.05) is 38.1 Å². The molecule has 6 heteroatoms. The molecule has 1 aromatic carbocycles. The Morgan fingerprint density at radius 3 is 2.67 bits per heavy atom. The van der Waals surface area contributed by atoms with Crippen LogP contribution in [0.2, 0.25) is 0 Å². The minimum Gasteiger partial charge on any atom is -0.480 e. The highest BCUT2D eigenvalue weighted by molar-refractivity contribution is 5.96. The van der Waals surface area contributed by atoms with Crippen molar-refractivity contribution in [3.05, 3.63) is 41.6 Å². The fraction of sp³-hybridized carbons (Fsp3) is 0.389. The van der Waals surface area contributed by atoms with Crippen LogP contribution in [-0.2, 0) is 4.79 Å². The van der Waals surface area contributed by atoms with E-state index in [4.69, 9.17) is 0 Å². The van der Waals surface area contributed by atoms with Crippen LogP contribution < -0.4 is 0 Å². The second-order valence-corrected chi connectivity index (χ2v) is 6.52. The van der Waals surface area contributed by atoms with Gasteiger partial charge >= 0.3 is 5.97 Å². The summed E-state index contributed by atoms with van der Waals surface area (Å²) in [7, 11) is 0. The van der Waals surface area contributed by atoms with E-state index in [1.54, 1.807) is 6.07 Å². The Bertz CT molecular complexity index is 751. The lowest BCUT2D eigenvalue weighted by Gasteiger charge is -2.35. The number of aromatic nitrogens is 2. The van der Waals surface area contributed by atoms with Gasteiger partial charge in [-0.05, 0) is 31.7 Å². The standard InChI is InChI=1S/C18H21N3O3/c1-11-3-5-13(6-4-11)14-10-15(20-19-14)17(22)21-8-7-12(2)9-16(21)18(23)24/h3-6,10,12,16H,7-9H2,1-2H3,(H,19,20)(H,23,24). The molecular formula is C18H21N3O3. The molecule has 0 spiro atoms. The maximum absolute atomic E-state index is 12.7. The fourth-order valence-corrected chi connectivity index (χ4v) is 3.08. The SMILES string of the molecule is Cc1ccc(-c2cc(C(=O)N3CCC(C)CC3C(=O)O)[nH]n2)cc1. The Hall–Kier alpha value is -2.63. The Labute approximate surface area is 140 Å². The van der Waals surface area contributed by atoms with Crippen molar-refractivity contribution in [1.82, 2.24) is 15.1 Å². The minimum atomic E-state index is -0.951. The van der Waals surface area contributed by atoms with E-state index in [0.29, 0.717) is 30.3 Å². The van der Waals surface area contributed by atoms with E-state index in [0.717, 1.165) is 17.5 Å². The molecule has 1 aromatic heterocycles. The molecule has 1 fully saturated rings. The summed E-state index contributed by atoms with van der Waals surface area (Å²) in [5.41, 5.74) is 3.07. The molecule has 3 rings (SSSR count). The normalized spacial score (nSPS) is 20.8. The molecule has 2 atom stereocenters. The van der Waals surface area contributed by atoms with Gasteiger partial charge in [0.25, 0.3) is 5.91 Å². The lowest BCUT2D eigenvalue weighted by molar-refractivity contribution is -0.144. The predicted octanol–water partition coefficient (Wildman–Crippen LogP) is 2.71. The summed E-state index contributed by atoms with van der Waals surface area (Å²) >= 11 is 0. The van der Waals surface area contributed by atoms with E-state index in [9.17, 15) is 14.7 Å². The minimum absolute atomic E-state index is 0.305. The van der Waals surface area contributed by atoms with Crippen LogP contribution >= 0.6 is 0 Å². The van der Waals surface area contributed by atoms with Crippen molar-refractivity contribution in [1.29, 1.82) is 0 Å². The summed E-state index contributed by atoms with van der Waals surface area (Å²) in [5, 5.41) is 16.4. The number of hydrogen-bond donors (Lipinski definition) is 2. The van der Waals surface area contributed by atoms with Gasteiger partial charge in [0.1, 0.15) is 11.7 Å². The van der Waals surface area contributed by atoms with Crippen LogP contribution in [0.25, 0.3) is 11.3 Å². The number of piperidine rings is 1. The Balaban J connectivity index is 1.82. The van der Waals surface area contributed by atoms with Crippen LogP contribution in [0.3, 0.4) is 0 Å². The van der Waals surface area contributed by atoms with Gasteiger partial charge < -0.3 is 10.0 Å². The average Bonchev–Trinajstić information content (AvgIpc) is 3.04. The van der Waals surface area contributed by atoms with E-state index in [2.05, 4.69) is 10.2 Å². The van der Waals surface area contributed by atoms with Gasteiger partial charge in [-0.25, -0.2) is 4.79 Å². The van der Waals surface area contributed by atoms with Crippen molar-refractivity contribution in [2.75, 3.05) is 6.54 Å². The summed E-state index contributed by atoms with van der Waals surface area (Å²) in [5.74, 6) is -0.951. The van der Waals surface area contributed by atoms with Crippen molar-refractivity contribution in [3.63, 3.8) is 0 Å². The molecule has 1 aliphatic rings. The molecule has 0 saturated carbocycles. The molecule has 1 amide bonds. The number of benzene rings is 1. The van der Waals surface area contributed by atoms with Crippen LogP contribution in [0.4, 0.5) is 0 Å². The zero-order valence-electron chi connectivity index (χ0n) is 13.8. The van der Waals surface area contributed by atoms with Crippen molar-refractivity contribution < 1.29 is 14.7 Å². The van der Waals surface area contributed by atoms with E-state index >= 15 is 0 Å². The van der Waals surface area contributed by atoms with Crippen LogP contribution in [0, 0.1) is 12.8 Å². The van der Waals surface area contributed by atoms with Gasteiger partial charge in [0.2, 0.25) is 0 Å². The number of amides is 1. The lowest BCUT2D eigenvalue weighted by atomic mass is 9.92. The van der Waals surface area contributed by atoms with Crippen LogP contribution in [-0.4, -0.2) is 44.7 Å². The molecule has 0 bridgehead atoms. The fourth-order valence-electron chi connectivity index (χ4n) is 3.08. The third-order valence-corrected chi connectivity index (χ3v) is 4.57. The number of H-pyrrole nitrogens is 1. The number of aliphatic carboxylic acids is 1. The highest BCUT2D eigenvalue weighted by Gasteiger charge is 2.35. The van der Waals surface area contributed by atoms with E-state index in [1.165, 1.54) is 4.90 Å². The summed E-state index contributed by atoms with van der Waals surface area (Å²) in [6, 6.07) is 8.78. The molecule has 2 heterocycles. The summed E-state index contributed by atoms with van der Waals surface area (Å²) < 4.78 is 0. The van der Waals surface area contributed by atoms with Crippen LogP contribution in [0.5, 0.6) is 0 Å². The summed E-state index contributed by atoms with van der Waals surface area (Å²) in [6.45, 7) is 4.48. The van der Waals surface area contributed by atoms with Gasteiger partial charge in [0.05, 0.1) is 5.69 Å². The highest BCUT2D eigenvalue weighted by atomic mass is 16.4. The van der Waals surface area contributed by atoms with Gasteiger partial charge in [-0.3, -0.25) is 9.89 Å². The Morgan fingerprint density at radius 1 is 1.29 bits per heavy atom. The van der Waals surface area contributed by atoms with Gasteiger partial charge in [0.15, 0.2) is 0 Å². The summed E-state index contributed by atoms with van der Waals surface area (Å²) in [4.78, 5) is 25.6. The molecule has 6 nitrogen and oxygen atoms in total. The number of hydrogen-bond acceptors (Lipinski definition) is 3. The Kier molecular flexibility index (Phi) is 4.38.